The van der Waals surface area contributed by atoms with Crippen molar-refractivity contribution in [3.8, 4) is 5.75 Å². The van der Waals surface area contributed by atoms with Crippen molar-refractivity contribution in [3.05, 3.63) is 57.5 Å². The van der Waals surface area contributed by atoms with Gasteiger partial charge in [0, 0.05) is 5.69 Å². The Kier molecular flexibility index (Phi) is 6.58. The zero-order valence-corrected chi connectivity index (χ0v) is 15.8. The Morgan fingerprint density at radius 2 is 1.69 bits per heavy atom. The molecule has 9 heteroatoms. The predicted molar refractivity (Wildman–Crippen MR) is 102 cm³/mol. The number of ether oxygens (including phenoxy) is 1. The molecule has 0 aliphatic carbocycles. The molecule has 138 valence electrons. The number of para-hydroxylation sites is 1. The Morgan fingerprint density at radius 1 is 1.12 bits per heavy atom. The Balaban J connectivity index is 2.02. The molecule has 0 aliphatic heterocycles. The minimum atomic E-state index is -1.66. The van der Waals surface area contributed by atoms with E-state index in [2.05, 4.69) is 10.6 Å². The van der Waals surface area contributed by atoms with E-state index < -0.39 is 17.6 Å². The second-order valence-electron chi connectivity index (χ2n) is 5.51. The molecule has 0 aromatic heterocycles. The number of halogens is 3. The fourth-order valence-corrected chi connectivity index (χ4v) is 2.55. The molecule has 2 aromatic rings. The normalized spacial score (nSPS) is 12.8. The molecule has 0 spiro atoms. The van der Waals surface area contributed by atoms with Crippen LogP contribution >= 0.6 is 34.8 Å². The highest BCUT2D eigenvalue weighted by molar-refractivity contribution is 6.48. The van der Waals surface area contributed by atoms with Gasteiger partial charge in [0.05, 0.1) is 21.6 Å². The van der Waals surface area contributed by atoms with Crippen molar-refractivity contribution in [2.45, 2.75) is 12.5 Å². The topological polar surface area (TPSA) is 87.7 Å². The third-order valence-corrected chi connectivity index (χ3v) is 4.56. The molecule has 3 N–H and O–H groups in total. The van der Waals surface area contributed by atoms with Gasteiger partial charge in [-0.3, -0.25) is 0 Å². The van der Waals surface area contributed by atoms with Crippen LogP contribution in [0.15, 0.2) is 42.5 Å². The SMILES string of the molecule is CC(CNC(=O)Nc1cc(Cl)c(Cl)c(Cl)c1)(Oc1ccccc1)C(=O)O. The van der Waals surface area contributed by atoms with E-state index in [0.717, 1.165) is 0 Å². The molecule has 1 unspecified atom stereocenters. The van der Waals surface area contributed by atoms with Crippen molar-refractivity contribution in [2.75, 3.05) is 11.9 Å². The Morgan fingerprint density at radius 3 is 2.23 bits per heavy atom. The van der Waals surface area contributed by atoms with E-state index >= 15 is 0 Å². The largest absolute Gasteiger partial charge is 0.478 e. The summed E-state index contributed by atoms with van der Waals surface area (Å²) in [5.41, 5.74) is -1.35. The van der Waals surface area contributed by atoms with E-state index in [1.165, 1.54) is 19.1 Å². The molecule has 6 nitrogen and oxygen atoms in total. The number of nitrogens with one attached hydrogen (secondary N) is 2. The van der Waals surface area contributed by atoms with Gasteiger partial charge in [-0.1, -0.05) is 53.0 Å². The molecule has 0 heterocycles. The molecule has 0 aliphatic rings. The van der Waals surface area contributed by atoms with Gasteiger partial charge >= 0.3 is 12.0 Å². The lowest BCUT2D eigenvalue weighted by molar-refractivity contribution is -0.153. The van der Waals surface area contributed by atoms with Crippen molar-refractivity contribution in [1.29, 1.82) is 0 Å². The third kappa shape index (κ3) is 5.17. The lowest BCUT2D eigenvalue weighted by Crippen LogP contribution is -2.51. The number of aliphatic carboxylic acids is 1. The number of urea groups is 1. The quantitative estimate of drug-likeness (QED) is 0.595. The van der Waals surface area contributed by atoms with Crippen LogP contribution < -0.4 is 15.4 Å². The summed E-state index contributed by atoms with van der Waals surface area (Å²) in [5.74, 6) is -0.852. The Bertz CT molecular complexity index is 794. The molecular weight excluding hydrogens is 403 g/mol. The molecule has 1 atom stereocenters. The number of carbonyl (C=O) groups excluding carboxylic acids is 1. The number of amides is 2. The van der Waals surface area contributed by atoms with E-state index in [1.807, 2.05) is 0 Å². The summed E-state index contributed by atoms with van der Waals surface area (Å²) >= 11 is 17.6. The summed E-state index contributed by atoms with van der Waals surface area (Å²) in [4.78, 5) is 23.6. The van der Waals surface area contributed by atoms with Crippen LogP contribution in [0.1, 0.15) is 6.92 Å². The zero-order chi connectivity index (χ0) is 19.3. The van der Waals surface area contributed by atoms with Gasteiger partial charge in [-0.25, -0.2) is 9.59 Å². The highest BCUT2D eigenvalue weighted by Crippen LogP contribution is 2.33. The highest BCUT2D eigenvalue weighted by atomic mass is 35.5. The van der Waals surface area contributed by atoms with Crippen LogP contribution in [-0.4, -0.2) is 29.3 Å². The Labute approximate surface area is 165 Å². The van der Waals surface area contributed by atoms with Crippen molar-refractivity contribution in [1.82, 2.24) is 5.32 Å². The van der Waals surface area contributed by atoms with Gasteiger partial charge in [-0.2, -0.15) is 0 Å². The monoisotopic (exact) mass is 416 g/mol. The second-order valence-corrected chi connectivity index (χ2v) is 6.71. The summed E-state index contributed by atoms with van der Waals surface area (Å²) in [6.45, 7) is 1.08. The standard InChI is InChI=1S/C17H15Cl3N2O4/c1-17(15(23)24,26-11-5-3-2-4-6-11)9-21-16(25)22-10-7-12(18)14(20)13(19)8-10/h2-8H,9H2,1H3,(H,23,24)(H2,21,22,25). The fourth-order valence-electron chi connectivity index (χ4n) is 1.96. The maximum atomic E-state index is 12.1. The number of carboxylic acids is 1. The van der Waals surface area contributed by atoms with Crippen LogP contribution in [0.25, 0.3) is 0 Å². The summed E-state index contributed by atoms with van der Waals surface area (Å²) in [7, 11) is 0. The number of benzene rings is 2. The van der Waals surface area contributed by atoms with Crippen LogP contribution in [0.2, 0.25) is 15.1 Å². The van der Waals surface area contributed by atoms with Crippen LogP contribution in [0.3, 0.4) is 0 Å². The number of carboxylic acid groups (broad SMARTS) is 1. The van der Waals surface area contributed by atoms with Crippen LogP contribution in [0.5, 0.6) is 5.75 Å². The lowest BCUT2D eigenvalue weighted by atomic mass is 10.1. The summed E-state index contributed by atoms with van der Waals surface area (Å²) in [6.07, 6.45) is 0. The number of hydrogen-bond acceptors (Lipinski definition) is 3. The zero-order valence-electron chi connectivity index (χ0n) is 13.6. The molecule has 0 fully saturated rings. The van der Waals surface area contributed by atoms with Crippen LogP contribution in [0, 0.1) is 0 Å². The predicted octanol–water partition coefficient (Wildman–Crippen LogP) is 4.69. The number of carbonyl (C=O) groups is 2. The first-order valence-electron chi connectivity index (χ1n) is 7.38. The number of anilines is 1. The Hall–Kier alpha value is -2.15. The maximum absolute atomic E-state index is 12.1. The molecule has 2 rings (SSSR count). The van der Waals surface area contributed by atoms with Gasteiger partial charge in [0.1, 0.15) is 5.75 Å². The van der Waals surface area contributed by atoms with Crippen LogP contribution in [0.4, 0.5) is 10.5 Å². The number of rotatable bonds is 6. The van der Waals surface area contributed by atoms with Crippen molar-refractivity contribution in [3.63, 3.8) is 0 Å². The van der Waals surface area contributed by atoms with Gasteiger partial charge in [0.2, 0.25) is 5.60 Å². The van der Waals surface area contributed by atoms with Gasteiger partial charge < -0.3 is 20.5 Å². The first kappa shape index (κ1) is 20.2. The molecule has 0 bridgehead atoms. The molecule has 26 heavy (non-hydrogen) atoms. The van der Waals surface area contributed by atoms with E-state index in [1.54, 1.807) is 30.3 Å². The van der Waals surface area contributed by atoms with Crippen molar-refractivity contribution >= 4 is 52.5 Å². The van der Waals surface area contributed by atoms with E-state index in [0.29, 0.717) is 11.4 Å². The molecule has 0 saturated carbocycles. The van der Waals surface area contributed by atoms with E-state index in [4.69, 9.17) is 39.5 Å². The van der Waals surface area contributed by atoms with Crippen LogP contribution in [-0.2, 0) is 4.79 Å². The van der Waals surface area contributed by atoms with Gasteiger partial charge in [-0.05, 0) is 31.2 Å². The molecule has 2 amide bonds. The van der Waals surface area contributed by atoms with E-state index in [-0.39, 0.29) is 21.6 Å². The molecule has 0 radical (unpaired) electrons. The fraction of sp³-hybridized carbons (Fsp3) is 0.176. The lowest BCUT2D eigenvalue weighted by Gasteiger charge is -2.26. The second kappa shape index (κ2) is 8.49. The van der Waals surface area contributed by atoms with Gasteiger partial charge in [-0.15, -0.1) is 0 Å². The third-order valence-electron chi connectivity index (χ3n) is 3.37. The minimum absolute atomic E-state index is 0.175. The average Bonchev–Trinajstić information content (AvgIpc) is 2.58. The van der Waals surface area contributed by atoms with E-state index in [9.17, 15) is 14.7 Å². The number of hydrogen-bond donors (Lipinski definition) is 3. The van der Waals surface area contributed by atoms with Crippen molar-refractivity contribution in [2.24, 2.45) is 0 Å². The maximum Gasteiger partial charge on any atom is 0.349 e. The smallest absolute Gasteiger partial charge is 0.349 e. The van der Waals surface area contributed by atoms with Crippen molar-refractivity contribution < 1.29 is 19.4 Å². The first-order chi connectivity index (χ1) is 12.2. The van der Waals surface area contributed by atoms with Gasteiger partial charge in [0.15, 0.2) is 0 Å². The summed E-state index contributed by atoms with van der Waals surface area (Å²) in [5, 5.41) is 14.9. The summed E-state index contributed by atoms with van der Waals surface area (Å²) < 4.78 is 5.52. The van der Waals surface area contributed by atoms with Gasteiger partial charge in [0.25, 0.3) is 0 Å². The molecule has 0 saturated heterocycles. The summed E-state index contributed by atoms with van der Waals surface area (Å²) in [6, 6.07) is 10.6. The average molecular weight is 418 g/mol. The minimum Gasteiger partial charge on any atom is -0.478 e. The molecule has 2 aromatic carbocycles. The molecular formula is C17H15Cl3N2O4. The first-order valence-corrected chi connectivity index (χ1v) is 8.51. The highest BCUT2D eigenvalue weighted by Gasteiger charge is 2.36.